The van der Waals surface area contributed by atoms with Crippen LogP contribution in [-0.4, -0.2) is 12.7 Å². The molecule has 1 N–H and O–H groups in total. The molecule has 1 aliphatic rings. The number of cyclic esters (lactones) is 1. The highest BCUT2D eigenvalue weighted by Crippen LogP contribution is 2.39. The largest absolute Gasteiger partial charge is 0.447 e. The molecule has 0 bridgehead atoms. The Morgan fingerprint density at radius 3 is 2.20 bits per heavy atom. The summed E-state index contributed by atoms with van der Waals surface area (Å²) >= 11 is 0. The van der Waals surface area contributed by atoms with E-state index in [0.717, 1.165) is 0 Å². The first-order chi connectivity index (χ1) is 9.09. The van der Waals surface area contributed by atoms with Gasteiger partial charge in [0.2, 0.25) is 0 Å². The molecule has 9 heteroatoms. The quantitative estimate of drug-likeness (QED) is 0.806. The minimum Gasteiger partial charge on any atom is -0.447 e. The standard InChI is InChI=1S/C11H7F6NO2/c12-10(13,14)5-1-2-7(11(15,16)17)6(3-5)8-4-20-9(19)18-8/h1-3,8H,4H2,(H,18,19)/t8-/m0/s1. The van der Waals surface area contributed by atoms with Crippen molar-refractivity contribution in [2.75, 3.05) is 6.61 Å². The van der Waals surface area contributed by atoms with Crippen molar-refractivity contribution in [2.45, 2.75) is 18.4 Å². The van der Waals surface area contributed by atoms with E-state index in [-0.39, 0.29) is 0 Å². The van der Waals surface area contributed by atoms with Gasteiger partial charge in [0.25, 0.3) is 0 Å². The van der Waals surface area contributed by atoms with Gasteiger partial charge in [0, 0.05) is 0 Å². The van der Waals surface area contributed by atoms with Crippen LogP contribution in [0.15, 0.2) is 18.2 Å². The van der Waals surface area contributed by atoms with E-state index in [1.807, 2.05) is 5.32 Å². The predicted molar refractivity (Wildman–Crippen MR) is 53.7 cm³/mol. The summed E-state index contributed by atoms with van der Waals surface area (Å²) in [6.07, 6.45) is -10.6. The predicted octanol–water partition coefficient (Wildman–Crippen LogP) is 3.51. The number of carbonyl (C=O) groups excluding carboxylic acids is 1. The lowest BCUT2D eigenvalue weighted by atomic mass is 9.97. The molecule has 0 aromatic heterocycles. The van der Waals surface area contributed by atoms with Crippen molar-refractivity contribution in [2.24, 2.45) is 0 Å². The number of hydrogen-bond acceptors (Lipinski definition) is 2. The number of nitrogens with one attached hydrogen (secondary N) is 1. The Morgan fingerprint density at radius 2 is 1.75 bits per heavy atom. The molecule has 1 atom stereocenters. The highest BCUT2D eigenvalue weighted by molar-refractivity contribution is 5.70. The van der Waals surface area contributed by atoms with E-state index in [9.17, 15) is 31.1 Å². The second-order valence-electron chi connectivity index (χ2n) is 4.09. The minimum atomic E-state index is -4.83. The van der Waals surface area contributed by atoms with Crippen LogP contribution in [0.3, 0.4) is 0 Å². The molecule has 1 aromatic carbocycles. The van der Waals surface area contributed by atoms with Crippen molar-refractivity contribution < 1.29 is 35.9 Å². The number of rotatable bonds is 1. The average Bonchev–Trinajstić information content (AvgIpc) is 2.72. The maximum Gasteiger partial charge on any atom is 0.416 e. The van der Waals surface area contributed by atoms with Gasteiger partial charge in [0.05, 0.1) is 17.2 Å². The lowest BCUT2D eigenvalue weighted by molar-refractivity contribution is -0.142. The summed E-state index contributed by atoms with van der Waals surface area (Å²) < 4.78 is 80.5. The Kier molecular flexibility index (Phi) is 3.31. The first-order valence-electron chi connectivity index (χ1n) is 5.30. The molecule has 1 aromatic rings. The zero-order chi connectivity index (χ0) is 15.1. The van der Waals surface area contributed by atoms with E-state index >= 15 is 0 Å². The van der Waals surface area contributed by atoms with Crippen LogP contribution >= 0.6 is 0 Å². The van der Waals surface area contributed by atoms with Crippen molar-refractivity contribution in [3.05, 3.63) is 34.9 Å². The number of benzene rings is 1. The van der Waals surface area contributed by atoms with Gasteiger partial charge in [-0.15, -0.1) is 0 Å². The van der Waals surface area contributed by atoms with Gasteiger partial charge in [-0.3, -0.25) is 0 Å². The molecule has 1 aliphatic heterocycles. The summed E-state index contributed by atoms with van der Waals surface area (Å²) in [4.78, 5) is 10.8. The van der Waals surface area contributed by atoms with E-state index in [0.29, 0.717) is 18.2 Å². The van der Waals surface area contributed by atoms with Gasteiger partial charge >= 0.3 is 18.4 Å². The van der Waals surface area contributed by atoms with Crippen LogP contribution in [-0.2, 0) is 17.1 Å². The van der Waals surface area contributed by atoms with Crippen LogP contribution in [0.5, 0.6) is 0 Å². The average molecular weight is 299 g/mol. The molecule has 0 unspecified atom stereocenters. The Labute approximate surface area is 108 Å². The monoisotopic (exact) mass is 299 g/mol. The summed E-state index contributed by atoms with van der Waals surface area (Å²) in [5.41, 5.74) is -3.12. The molecule has 20 heavy (non-hydrogen) atoms. The van der Waals surface area contributed by atoms with E-state index in [1.165, 1.54) is 0 Å². The molecule has 0 spiro atoms. The van der Waals surface area contributed by atoms with Crippen LogP contribution < -0.4 is 5.32 Å². The number of ether oxygens (including phenoxy) is 1. The zero-order valence-corrected chi connectivity index (χ0v) is 9.60. The number of halogens is 6. The highest BCUT2D eigenvalue weighted by atomic mass is 19.4. The van der Waals surface area contributed by atoms with Crippen LogP contribution in [0.2, 0.25) is 0 Å². The fraction of sp³-hybridized carbons (Fsp3) is 0.364. The van der Waals surface area contributed by atoms with Crippen molar-refractivity contribution in [3.8, 4) is 0 Å². The second-order valence-corrected chi connectivity index (χ2v) is 4.09. The van der Waals surface area contributed by atoms with Crippen LogP contribution in [0.25, 0.3) is 0 Å². The van der Waals surface area contributed by atoms with Crippen molar-refractivity contribution in [1.82, 2.24) is 5.32 Å². The van der Waals surface area contributed by atoms with Gasteiger partial charge in [0.15, 0.2) is 0 Å². The molecule has 0 radical (unpaired) electrons. The summed E-state index contributed by atoms with van der Waals surface area (Å²) in [5, 5.41) is 2.03. The van der Waals surface area contributed by atoms with Crippen LogP contribution in [0.1, 0.15) is 22.7 Å². The molecule has 1 amide bonds. The summed E-state index contributed by atoms with van der Waals surface area (Å²) in [5.74, 6) is 0. The van der Waals surface area contributed by atoms with E-state index in [4.69, 9.17) is 0 Å². The fourth-order valence-electron chi connectivity index (χ4n) is 1.84. The first kappa shape index (κ1) is 14.5. The number of alkyl carbamates (subject to hydrolysis) is 1. The van der Waals surface area contributed by atoms with Gasteiger partial charge in [0.1, 0.15) is 6.61 Å². The Bertz CT molecular complexity index is 537. The smallest absolute Gasteiger partial charge is 0.416 e. The maximum atomic E-state index is 12.8. The molecule has 1 fully saturated rings. The third-order valence-electron chi connectivity index (χ3n) is 2.73. The molecule has 2 rings (SSSR count). The lowest BCUT2D eigenvalue weighted by Gasteiger charge is -2.18. The molecule has 1 saturated heterocycles. The third-order valence-corrected chi connectivity index (χ3v) is 2.73. The number of amides is 1. The van der Waals surface area contributed by atoms with E-state index < -0.39 is 47.8 Å². The molecule has 0 saturated carbocycles. The molecular formula is C11H7F6NO2. The number of hydrogen-bond donors (Lipinski definition) is 1. The maximum absolute atomic E-state index is 12.8. The van der Waals surface area contributed by atoms with Crippen molar-refractivity contribution in [1.29, 1.82) is 0 Å². The Balaban J connectivity index is 2.51. The third kappa shape index (κ3) is 2.81. The molecule has 1 heterocycles. The number of carbonyl (C=O) groups is 1. The van der Waals surface area contributed by atoms with Crippen molar-refractivity contribution >= 4 is 6.09 Å². The Hall–Kier alpha value is -1.93. The van der Waals surface area contributed by atoms with Gasteiger partial charge in [-0.1, -0.05) is 0 Å². The Morgan fingerprint density at radius 1 is 1.10 bits per heavy atom. The second kappa shape index (κ2) is 4.57. The molecular weight excluding hydrogens is 292 g/mol. The van der Waals surface area contributed by atoms with Gasteiger partial charge in [-0.05, 0) is 23.8 Å². The topological polar surface area (TPSA) is 38.3 Å². The molecule has 110 valence electrons. The summed E-state index contributed by atoms with van der Waals surface area (Å²) in [7, 11) is 0. The lowest BCUT2D eigenvalue weighted by Crippen LogP contribution is -2.23. The van der Waals surface area contributed by atoms with Gasteiger partial charge in [-0.25, -0.2) is 4.79 Å². The van der Waals surface area contributed by atoms with E-state index in [1.54, 1.807) is 0 Å². The summed E-state index contributed by atoms with van der Waals surface area (Å²) in [6.45, 7) is -0.455. The minimum absolute atomic E-state index is 0.350. The van der Waals surface area contributed by atoms with E-state index in [2.05, 4.69) is 4.74 Å². The zero-order valence-electron chi connectivity index (χ0n) is 9.60. The van der Waals surface area contributed by atoms with Gasteiger partial charge in [-0.2, -0.15) is 26.3 Å². The van der Waals surface area contributed by atoms with Gasteiger partial charge < -0.3 is 10.1 Å². The SMILES string of the molecule is O=C1N[C@H](c2cc(C(F)(F)F)ccc2C(F)(F)F)CO1. The molecule has 0 aliphatic carbocycles. The normalized spacial score (nSPS) is 19.7. The highest BCUT2D eigenvalue weighted by Gasteiger charge is 2.40. The number of alkyl halides is 6. The van der Waals surface area contributed by atoms with Crippen LogP contribution in [0, 0.1) is 0 Å². The fourth-order valence-corrected chi connectivity index (χ4v) is 1.84. The van der Waals surface area contributed by atoms with Crippen molar-refractivity contribution in [3.63, 3.8) is 0 Å². The summed E-state index contributed by atoms with van der Waals surface area (Å²) in [6, 6.07) is -0.184. The molecule has 3 nitrogen and oxygen atoms in total. The van der Waals surface area contributed by atoms with Crippen LogP contribution in [0.4, 0.5) is 31.1 Å². The first-order valence-corrected chi connectivity index (χ1v) is 5.30.